The molecule has 0 aliphatic carbocycles. The highest BCUT2D eigenvalue weighted by molar-refractivity contribution is 6.30. The molecule has 0 radical (unpaired) electrons. The topological polar surface area (TPSA) is 120 Å². The normalized spacial score (nSPS) is 11.0. The van der Waals surface area contributed by atoms with E-state index in [9.17, 15) is 25.2 Å². The van der Waals surface area contributed by atoms with Gasteiger partial charge in [0.15, 0.2) is 17.3 Å². The second-order valence-electron chi connectivity index (χ2n) is 6.54. The van der Waals surface area contributed by atoms with E-state index in [4.69, 9.17) is 20.8 Å². The highest BCUT2D eigenvalue weighted by atomic mass is 35.5. The van der Waals surface area contributed by atoms with Gasteiger partial charge in [0.1, 0.15) is 29.1 Å². The van der Waals surface area contributed by atoms with Crippen LogP contribution in [0, 0.1) is 0 Å². The van der Waals surface area contributed by atoms with Crippen LogP contribution in [-0.2, 0) is 6.61 Å². The quantitative estimate of drug-likeness (QED) is 0.354. The van der Waals surface area contributed by atoms with E-state index >= 15 is 0 Å². The number of fused-ring (bicyclic) bond motifs is 1. The van der Waals surface area contributed by atoms with E-state index in [1.165, 1.54) is 24.3 Å². The van der Waals surface area contributed by atoms with Crippen LogP contribution in [0.1, 0.15) is 5.56 Å². The van der Waals surface area contributed by atoms with Crippen molar-refractivity contribution in [3.8, 4) is 40.1 Å². The van der Waals surface area contributed by atoms with Crippen LogP contribution in [0.25, 0.3) is 22.3 Å². The van der Waals surface area contributed by atoms with Crippen LogP contribution in [0.3, 0.4) is 0 Å². The summed E-state index contributed by atoms with van der Waals surface area (Å²) in [6.07, 6.45) is 0. The van der Waals surface area contributed by atoms with Gasteiger partial charge in [-0.3, -0.25) is 4.79 Å². The van der Waals surface area contributed by atoms with Crippen molar-refractivity contribution in [1.82, 2.24) is 0 Å². The average molecular weight is 427 g/mol. The largest absolute Gasteiger partial charge is 0.507 e. The van der Waals surface area contributed by atoms with Gasteiger partial charge in [0.25, 0.3) is 0 Å². The van der Waals surface area contributed by atoms with Gasteiger partial charge in [0, 0.05) is 22.7 Å². The van der Waals surface area contributed by atoms with Crippen LogP contribution in [0.15, 0.2) is 63.8 Å². The van der Waals surface area contributed by atoms with Crippen LogP contribution >= 0.6 is 11.6 Å². The third-order valence-electron chi connectivity index (χ3n) is 4.48. The minimum absolute atomic E-state index is 0.0218. The van der Waals surface area contributed by atoms with Gasteiger partial charge in [0.05, 0.1) is 0 Å². The lowest BCUT2D eigenvalue weighted by atomic mass is 10.1. The summed E-state index contributed by atoms with van der Waals surface area (Å²) in [5.41, 5.74) is 0.132. The Bertz CT molecular complexity index is 1310. The number of rotatable bonds is 4. The molecule has 0 atom stereocenters. The van der Waals surface area contributed by atoms with Gasteiger partial charge in [-0.1, -0.05) is 23.7 Å². The Morgan fingerprint density at radius 3 is 2.30 bits per heavy atom. The molecule has 0 spiro atoms. The van der Waals surface area contributed by atoms with Crippen molar-refractivity contribution in [2.75, 3.05) is 0 Å². The molecule has 0 unspecified atom stereocenters. The molecule has 0 aliphatic rings. The van der Waals surface area contributed by atoms with Gasteiger partial charge >= 0.3 is 0 Å². The molecular formula is C22H15ClO7. The maximum Gasteiger partial charge on any atom is 0.238 e. The van der Waals surface area contributed by atoms with E-state index in [0.717, 1.165) is 11.6 Å². The SMILES string of the molecule is O=c1c(O)c(-c2ccc(O)c(O)c2)oc2cc(OCc3ccc(Cl)cc3)cc(O)c12. The average Bonchev–Trinajstić information content (AvgIpc) is 2.72. The molecule has 4 aromatic rings. The smallest absolute Gasteiger partial charge is 0.238 e. The molecule has 30 heavy (non-hydrogen) atoms. The predicted molar refractivity (Wildman–Crippen MR) is 110 cm³/mol. The lowest BCUT2D eigenvalue weighted by molar-refractivity contribution is 0.304. The molecule has 1 aromatic heterocycles. The van der Waals surface area contributed by atoms with Crippen LogP contribution in [-0.4, -0.2) is 20.4 Å². The summed E-state index contributed by atoms with van der Waals surface area (Å²) in [5.74, 6) is -1.95. The number of hydrogen-bond donors (Lipinski definition) is 4. The van der Waals surface area contributed by atoms with Crippen LogP contribution in [0.5, 0.6) is 28.7 Å². The molecule has 0 saturated heterocycles. The minimum Gasteiger partial charge on any atom is -0.507 e. The fourth-order valence-electron chi connectivity index (χ4n) is 2.96. The summed E-state index contributed by atoms with van der Waals surface area (Å²) in [4.78, 5) is 12.6. The summed E-state index contributed by atoms with van der Waals surface area (Å²) in [6, 6.07) is 13.4. The summed E-state index contributed by atoms with van der Waals surface area (Å²) in [6.45, 7) is 0.184. The first kappa shape index (κ1) is 19.5. The van der Waals surface area contributed by atoms with Gasteiger partial charge in [-0.2, -0.15) is 0 Å². The first-order valence-electron chi connectivity index (χ1n) is 8.76. The molecule has 0 fully saturated rings. The van der Waals surface area contributed by atoms with Crippen molar-refractivity contribution in [1.29, 1.82) is 0 Å². The van der Waals surface area contributed by atoms with Crippen LogP contribution in [0.4, 0.5) is 0 Å². The fraction of sp³-hybridized carbons (Fsp3) is 0.0455. The zero-order chi connectivity index (χ0) is 21.4. The highest BCUT2D eigenvalue weighted by Gasteiger charge is 2.20. The minimum atomic E-state index is -0.847. The lowest BCUT2D eigenvalue weighted by Crippen LogP contribution is -2.04. The van der Waals surface area contributed by atoms with E-state index in [-0.39, 0.29) is 40.4 Å². The van der Waals surface area contributed by atoms with Crippen molar-refractivity contribution in [3.63, 3.8) is 0 Å². The molecule has 0 amide bonds. The molecule has 0 saturated carbocycles. The molecule has 0 aliphatic heterocycles. The molecule has 152 valence electrons. The first-order valence-corrected chi connectivity index (χ1v) is 9.13. The van der Waals surface area contributed by atoms with Crippen molar-refractivity contribution >= 4 is 22.6 Å². The molecule has 7 nitrogen and oxygen atoms in total. The molecule has 8 heteroatoms. The maximum absolute atomic E-state index is 12.6. The number of phenols is 3. The van der Waals surface area contributed by atoms with Crippen molar-refractivity contribution in [2.45, 2.75) is 6.61 Å². The van der Waals surface area contributed by atoms with Gasteiger partial charge in [-0.05, 0) is 35.9 Å². The summed E-state index contributed by atoms with van der Waals surface area (Å²) >= 11 is 5.86. The Hall–Kier alpha value is -3.84. The van der Waals surface area contributed by atoms with Crippen molar-refractivity contribution in [2.24, 2.45) is 0 Å². The fourth-order valence-corrected chi connectivity index (χ4v) is 3.08. The van der Waals surface area contributed by atoms with Crippen molar-refractivity contribution in [3.05, 3.63) is 75.4 Å². The predicted octanol–water partition coefficient (Wildman–Crippen LogP) is 4.51. The van der Waals surface area contributed by atoms with Crippen LogP contribution in [0.2, 0.25) is 5.02 Å². The third-order valence-corrected chi connectivity index (χ3v) is 4.73. The number of aromatic hydroxyl groups is 4. The van der Waals surface area contributed by atoms with E-state index in [2.05, 4.69) is 0 Å². The van der Waals surface area contributed by atoms with E-state index < -0.39 is 22.7 Å². The number of halogens is 1. The number of hydrogen-bond acceptors (Lipinski definition) is 7. The Balaban J connectivity index is 1.77. The Morgan fingerprint density at radius 1 is 0.867 bits per heavy atom. The molecule has 4 rings (SSSR count). The first-order chi connectivity index (χ1) is 14.3. The van der Waals surface area contributed by atoms with Crippen molar-refractivity contribution < 1.29 is 29.6 Å². The molecule has 4 N–H and O–H groups in total. The lowest BCUT2D eigenvalue weighted by Gasteiger charge is -2.11. The van der Waals surface area contributed by atoms with E-state index in [1.807, 2.05) is 0 Å². The van der Waals surface area contributed by atoms with Gasteiger partial charge in [0.2, 0.25) is 11.2 Å². The highest BCUT2D eigenvalue weighted by Crippen LogP contribution is 2.38. The Labute approximate surface area is 174 Å². The molecule has 3 aromatic carbocycles. The monoisotopic (exact) mass is 426 g/mol. The number of benzene rings is 3. The Kier molecular flexibility index (Phi) is 4.89. The standard InChI is InChI=1S/C22H15ClO7/c23-13-4-1-11(2-5-13)10-29-14-8-17(26)19-18(9-14)30-22(21(28)20(19)27)12-3-6-15(24)16(25)7-12/h1-9,24-26,28H,10H2. The zero-order valence-corrected chi connectivity index (χ0v) is 16.1. The molecule has 0 bridgehead atoms. The second kappa shape index (κ2) is 7.53. The Morgan fingerprint density at radius 2 is 1.60 bits per heavy atom. The maximum atomic E-state index is 12.6. The molecular weight excluding hydrogens is 412 g/mol. The summed E-state index contributed by atoms with van der Waals surface area (Å²) in [5, 5.41) is 40.1. The van der Waals surface area contributed by atoms with Gasteiger partial charge in [-0.25, -0.2) is 0 Å². The van der Waals surface area contributed by atoms with Gasteiger partial charge in [-0.15, -0.1) is 0 Å². The van der Waals surface area contributed by atoms with Crippen LogP contribution < -0.4 is 10.2 Å². The van der Waals surface area contributed by atoms with E-state index in [0.29, 0.717) is 5.02 Å². The third kappa shape index (κ3) is 3.58. The number of ether oxygens (including phenoxy) is 1. The zero-order valence-electron chi connectivity index (χ0n) is 15.3. The molecule has 1 heterocycles. The van der Waals surface area contributed by atoms with Gasteiger partial charge < -0.3 is 29.6 Å². The number of phenolic OH excluding ortho intramolecular Hbond substituents is 3. The second-order valence-corrected chi connectivity index (χ2v) is 6.98. The summed E-state index contributed by atoms with van der Waals surface area (Å²) < 4.78 is 11.3. The van der Waals surface area contributed by atoms with E-state index in [1.54, 1.807) is 24.3 Å². The summed E-state index contributed by atoms with van der Waals surface area (Å²) in [7, 11) is 0.